The Hall–Kier alpha value is -4.23. The summed E-state index contributed by atoms with van der Waals surface area (Å²) >= 11 is 0. The first-order valence-corrected chi connectivity index (χ1v) is 20.0. The van der Waals surface area contributed by atoms with Gasteiger partial charge in [0.15, 0.2) is 23.0 Å². The Balaban J connectivity index is 1.64. The van der Waals surface area contributed by atoms with Gasteiger partial charge in [-0.2, -0.15) is 0 Å². The van der Waals surface area contributed by atoms with Crippen molar-refractivity contribution in [2.45, 2.75) is 83.6 Å². The largest absolute Gasteiger partial charge is 0.543 e. The number of rotatable bonds is 9. The van der Waals surface area contributed by atoms with Crippen molar-refractivity contribution in [3.05, 3.63) is 80.8 Å². The number of aliphatic hydroxyl groups is 1. The predicted molar refractivity (Wildman–Crippen MR) is 194 cm³/mol. The molecule has 1 amide bonds. The Kier molecular flexibility index (Phi) is 9.37. The number of aliphatic hydroxyl groups excluding tert-OH is 1. The summed E-state index contributed by atoms with van der Waals surface area (Å²) in [5.41, 5.74) is 3.57. The second-order valence-corrected chi connectivity index (χ2v) is 19.8. The molecule has 2 aromatic carbocycles. The van der Waals surface area contributed by atoms with Gasteiger partial charge in [0.05, 0.1) is 46.6 Å². The van der Waals surface area contributed by atoms with E-state index in [0.717, 1.165) is 11.1 Å². The molecule has 3 aliphatic heterocycles. The first kappa shape index (κ1) is 36.6. The number of methoxy groups -OCH3 is 3. The van der Waals surface area contributed by atoms with Gasteiger partial charge in [-0.25, -0.2) is 0 Å². The van der Waals surface area contributed by atoms with Crippen LogP contribution in [0, 0.1) is 6.92 Å². The van der Waals surface area contributed by atoms with Crippen molar-refractivity contribution in [1.82, 2.24) is 9.80 Å². The molecule has 272 valence electrons. The molecule has 51 heavy (non-hydrogen) atoms. The minimum Gasteiger partial charge on any atom is -0.543 e. The van der Waals surface area contributed by atoms with E-state index in [9.17, 15) is 19.5 Å². The van der Waals surface area contributed by atoms with Crippen LogP contribution in [-0.2, 0) is 30.5 Å². The molecule has 6 rings (SSSR count). The fraction of sp³-hybridized carbons (Fsp3) is 0.462. The molecule has 11 nitrogen and oxygen atoms in total. The van der Waals surface area contributed by atoms with Gasteiger partial charge in [-0.15, -0.1) is 0 Å². The third-order valence-corrected chi connectivity index (χ3v) is 15.5. The van der Waals surface area contributed by atoms with Crippen LogP contribution < -0.4 is 13.9 Å². The molecule has 2 bridgehead atoms. The zero-order chi connectivity index (χ0) is 37.3. The fourth-order valence-electron chi connectivity index (χ4n) is 7.55. The Morgan fingerprint density at radius 1 is 0.882 bits per heavy atom. The molecule has 0 aromatic heterocycles. The van der Waals surface area contributed by atoms with Gasteiger partial charge in [0.2, 0.25) is 11.7 Å². The Bertz CT molecular complexity index is 1910. The van der Waals surface area contributed by atoms with E-state index in [-0.39, 0.29) is 40.7 Å². The molecule has 12 heteroatoms. The average molecular weight is 717 g/mol. The van der Waals surface area contributed by atoms with Crippen molar-refractivity contribution in [3.8, 4) is 17.2 Å². The van der Waals surface area contributed by atoms with Gasteiger partial charge in [0.25, 0.3) is 8.32 Å². The van der Waals surface area contributed by atoms with E-state index in [1.807, 2.05) is 43.3 Å². The molecule has 0 unspecified atom stereocenters. The number of piperazine rings is 1. The highest BCUT2D eigenvalue weighted by molar-refractivity contribution is 6.74. The summed E-state index contributed by atoms with van der Waals surface area (Å²) in [6, 6.07) is 6.90. The van der Waals surface area contributed by atoms with Crippen LogP contribution in [0.3, 0.4) is 0 Å². The Labute approximate surface area is 300 Å². The van der Waals surface area contributed by atoms with E-state index < -0.39 is 50.0 Å². The minimum atomic E-state index is -2.48. The molecule has 2 aromatic rings. The predicted octanol–water partition coefficient (Wildman–Crippen LogP) is 5.26. The summed E-state index contributed by atoms with van der Waals surface area (Å²) in [6.45, 7) is 14.5. The van der Waals surface area contributed by atoms with Gasteiger partial charge < -0.3 is 33.4 Å². The van der Waals surface area contributed by atoms with Crippen molar-refractivity contribution in [2.75, 3.05) is 35.0 Å². The summed E-state index contributed by atoms with van der Waals surface area (Å²) in [4.78, 5) is 46.1. The number of allylic oxidation sites excluding steroid dienone is 2. The maximum Gasteiger partial charge on any atom is 0.250 e. The van der Waals surface area contributed by atoms with Crippen molar-refractivity contribution >= 4 is 31.9 Å². The monoisotopic (exact) mass is 716 g/mol. The van der Waals surface area contributed by atoms with Crippen LogP contribution in [0.15, 0.2) is 58.5 Å². The number of hydrogen-bond acceptors (Lipinski definition) is 10. The lowest BCUT2D eigenvalue weighted by atomic mass is 9.72. The van der Waals surface area contributed by atoms with E-state index in [4.69, 9.17) is 23.4 Å². The summed E-state index contributed by atoms with van der Waals surface area (Å²) in [7, 11) is 3.69. The first-order chi connectivity index (χ1) is 24.0. The van der Waals surface area contributed by atoms with Gasteiger partial charge in [-0.1, -0.05) is 51.1 Å². The lowest BCUT2D eigenvalue weighted by molar-refractivity contribution is -0.150. The van der Waals surface area contributed by atoms with Crippen LogP contribution in [0.2, 0.25) is 18.1 Å². The highest BCUT2D eigenvalue weighted by Crippen LogP contribution is 2.56. The number of ketones is 2. The van der Waals surface area contributed by atoms with Crippen LogP contribution in [0.25, 0.3) is 6.08 Å². The number of Topliss-reactive ketones (excluding diaryl/α,β-unsaturated/α-hetero) is 2. The highest BCUT2D eigenvalue weighted by atomic mass is 28.4. The zero-order valence-electron chi connectivity index (χ0n) is 31.3. The second-order valence-electron chi connectivity index (χ2n) is 15.1. The van der Waals surface area contributed by atoms with Gasteiger partial charge in [-0.05, 0) is 50.7 Å². The van der Waals surface area contributed by atoms with E-state index in [0.29, 0.717) is 34.1 Å². The highest BCUT2D eigenvalue weighted by Gasteiger charge is 2.59. The number of benzene rings is 2. The lowest BCUT2D eigenvalue weighted by Crippen LogP contribution is -2.68. The SMILES string of the molecule is COC1=C(C)C(=O)C2=C(C1=O)[C@H]1C3=Cc4c(O[Si](C)(C)C(C)(C)C)c(C)c(OC)c(OC)c4[C@H](COCc4ccccc4)N3C(=O)[C@@H]([C@H]2O)N1C. The van der Waals surface area contributed by atoms with Gasteiger partial charge in [-0.3, -0.25) is 19.3 Å². The summed E-state index contributed by atoms with van der Waals surface area (Å²) in [5, 5.41) is 11.6. The number of carbonyl (C=O) groups is 3. The first-order valence-electron chi connectivity index (χ1n) is 17.1. The van der Waals surface area contributed by atoms with E-state index in [1.54, 1.807) is 31.1 Å². The fourth-order valence-corrected chi connectivity index (χ4v) is 8.63. The number of ether oxygens (including phenoxy) is 4. The third kappa shape index (κ3) is 5.54. The van der Waals surface area contributed by atoms with Crippen LogP contribution >= 0.6 is 0 Å². The van der Waals surface area contributed by atoms with Crippen molar-refractivity contribution < 1.29 is 42.9 Å². The smallest absolute Gasteiger partial charge is 0.250 e. The number of hydrogen-bond donors (Lipinski definition) is 1. The topological polar surface area (TPSA) is 124 Å². The number of fused-ring (bicyclic) bond motifs is 6. The Morgan fingerprint density at radius 3 is 2.12 bits per heavy atom. The number of carbonyl (C=O) groups excluding carboxylic acids is 3. The Morgan fingerprint density at radius 2 is 1.53 bits per heavy atom. The summed E-state index contributed by atoms with van der Waals surface area (Å²) < 4.78 is 31.0. The van der Waals surface area contributed by atoms with Crippen LogP contribution in [0.4, 0.5) is 0 Å². The van der Waals surface area contributed by atoms with E-state index in [1.165, 1.54) is 14.0 Å². The van der Waals surface area contributed by atoms with Crippen molar-refractivity contribution in [2.24, 2.45) is 0 Å². The van der Waals surface area contributed by atoms with Gasteiger partial charge in [0, 0.05) is 39.1 Å². The quantitative estimate of drug-likeness (QED) is 0.272. The number of nitrogens with zero attached hydrogens (tertiary/aromatic N) is 2. The van der Waals surface area contributed by atoms with Gasteiger partial charge >= 0.3 is 0 Å². The molecule has 0 radical (unpaired) electrons. The number of likely N-dealkylation sites (N-methyl/N-ethyl adjacent to an activating group) is 1. The molecule has 4 aliphatic rings. The minimum absolute atomic E-state index is 0.0352. The molecule has 1 fully saturated rings. The van der Waals surface area contributed by atoms with Crippen molar-refractivity contribution in [3.63, 3.8) is 0 Å². The average Bonchev–Trinajstić information content (AvgIpc) is 3.07. The molecule has 3 heterocycles. The van der Waals surface area contributed by atoms with Crippen LogP contribution in [0.1, 0.15) is 56.0 Å². The maximum absolute atomic E-state index is 14.9. The maximum atomic E-state index is 14.9. The molecule has 1 aliphatic carbocycles. The molecule has 4 atom stereocenters. The molecule has 1 N–H and O–H groups in total. The molecular weight excluding hydrogens is 669 g/mol. The van der Waals surface area contributed by atoms with Gasteiger partial charge in [0.1, 0.15) is 17.9 Å². The third-order valence-electron chi connectivity index (χ3n) is 11.2. The lowest BCUT2D eigenvalue weighted by Gasteiger charge is -2.55. The zero-order valence-corrected chi connectivity index (χ0v) is 32.3. The normalized spacial score (nSPS) is 23.5. The molecular formula is C39H48N2O9Si. The van der Waals surface area contributed by atoms with Crippen LogP contribution in [0.5, 0.6) is 17.2 Å². The summed E-state index contributed by atoms with van der Waals surface area (Å²) in [5.74, 6) is -0.0372. The van der Waals surface area contributed by atoms with Crippen molar-refractivity contribution in [1.29, 1.82) is 0 Å². The molecule has 1 saturated heterocycles. The standard InChI is InChI=1S/C39H48N2O9Si/c1-20-31(42)28-27(33(44)35(20)46-7)29-24-17-23-26(37(48-9)36(47-8)21(2)34(23)50-51(10,11)39(3,4)5)25(19-49-18-22-15-13-12-14-16-22)41(24)38(45)30(32(28)43)40(29)6/h12-17,25,29-30,32,43H,18-19H2,1-11H3/t25-,29+,30+,32-/m0/s1. The second kappa shape index (κ2) is 13.1. The molecule has 0 spiro atoms. The summed E-state index contributed by atoms with van der Waals surface area (Å²) in [6.07, 6.45) is 0.312. The van der Waals surface area contributed by atoms with E-state index >= 15 is 0 Å². The molecule has 0 saturated carbocycles. The van der Waals surface area contributed by atoms with Crippen LogP contribution in [-0.4, -0.2) is 93.9 Å². The van der Waals surface area contributed by atoms with E-state index in [2.05, 4.69) is 33.9 Å². The number of amides is 1.